The minimum atomic E-state index is -0.786. The molecule has 0 spiro atoms. The molecule has 0 aliphatic rings. The average Bonchev–Trinajstić information content (AvgIpc) is 3.31. The lowest BCUT2D eigenvalue weighted by Crippen LogP contribution is -2.46. The van der Waals surface area contributed by atoms with Crippen molar-refractivity contribution in [2.75, 3.05) is 6.61 Å². The normalized spacial score (nSPS) is 13.1. The van der Waals surface area contributed by atoms with Crippen LogP contribution in [-0.4, -0.2) is 46.9 Å². The van der Waals surface area contributed by atoms with Gasteiger partial charge in [0.2, 0.25) is 5.91 Å². The van der Waals surface area contributed by atoms with E-state index >= 15 is 0 Å². The number of esters is 1. The highest BCUT2D eigenvalue weighted by atomic mass is 16.5. The van der Waals surface area contributed by atoms with Gasteiger partial charge in [0.05, 0.1) is 25.2 Å². The second kappa shape index (κ2) is 54.5. The lowest BCUT2D eigenvalue weighted by molar-refractivity contribution is -0.151. The molecule has 0 aliphatic heterocycles. The number of nitrogens with one attached hydrogen (secondary N) is 1. The smallest absolute Gasteiger partial charge is 0.306 e. The molecule has 3 unspecified atom stereocenters. The molecule has 392 valence electrons. The number of hydrogen-bond acceptors (Lipinski definition) is 5. The summed E-state index contributed by atoms with van der Waals surface area (Å²) >= 11 is 0. The first kappa shape index (κ1) is 64.6. The van der Waals surface area contributed by atoms with E-state index < -0.39 is 18.2 Å². The lowest BCUT2D eigenvalue weighted by atomic mass is 10.0. The van der Waals surface area contributed by atoms with Crippen LogP contribution in [0.3, 0.4) is 0 Å². The SMILES string of the molecule is CCCCCCCCCCC/C=C/CCCCCC(CC(=O)NC(CO)C(O)CCCCCCCCCCCCCC)OC(=O)CCCCCCCCCCCCCCCCCCCCC. The van der Waals surface area contributed by atoms with Crippen LogP contribution in [-0.2, 0) is 14.3 Å². The number of carbonyl (C=O) groups excluding carboxylic acids is 2. The van der Waals surface area contributed by atoms with E-state index in [1.165, 1.54) is 231 Å². The van der Waals surface area contributed by atoms with Crippen molar-refractivity contribution >= 4 is 11.9 Å². The van der Waals surface area contributed by atoms with E-state index in [0.717, 1.165) is 57.8 Å². The van der Waals surface area contributed by atoms with Crippen molar-refractivity contribution in [3.8, 4) is 0 Å². The Morgan fingerprint density at radius 3 is 1.09 bits per heavy atom. The maximum Gasteiger partial charge on any atom is 0.306 e. The van der Waals surface area contributed by atoms with Crippen molar-refractivity contribution < 1.29 is 24.5 Å². The molecule has 0 bridgehead atoms. The highest BCUT2D eigenvalue weighted by Gasteiger charge is 2.24. The molecule has 0 aromatic rings. The second-order valence-corrected chi connectivity index (χ2v) is 20.8. The third-order valence-electron chi connectivity index (χ3n) is 14.1. The number of aliphatic hydroxyl groups is 2. The van der Waals surface area contributed by atoms with E-state index in [2.05, 4.69) is 38.2 Å². The van der Waals surface area contributed by atoms with Gasteiger partial charge in [-0.15, -0.1) is 0 Å². The number of unbranched alkanes of at least 4 members (excludes halogenated alkanes) is 41. The Morgan fingerprint density at radius 1 is 0.424 bits per heavy atom. The van der Waals surface area contributed by atoms with Crippen molar-refractivity contribution in [3.63, 3.8) is 0 Å². The molecule has 0 saturated heterocycles. The van der Waals surface area contributed by atoms with Gasteiger partial charge in [-0.2, -0.15) is 0 Å². The minimum absolute atomic E-state index is 0.0748. The number of allylic oxidation sites excluding steroid dienone is 2. The molecule has 6 nitrogen and oxygen atoms in total. The zero-order valence-corrected chi connectivity index (χ0v) is 44.9. The first-order valence-electron chi connectivity index (χ1n) is 29.9. The molecule has 0 radical (unpaired) electrons. The molecule has 3 N–H and O–H groups in total. The van der Waals surface area contributed by atoms with Crippen LogP contribution in [0.5, 0.6) is 0 Å². The van der Waals surface area contributed by atoms with E-state index in [9.17, 15) is 19.8 Å². The summed E-state index contributed by atoms with van der Waals surface area (Å²) < 4.78 is 5.97. The number of aliphatic hydroxyl groups excluding tert-OH is 2. The number of ether oxygens (including phenoxy) is 1. The fourth-order valence-corrected chi connectivity index (χ4v) is 9.55. The Bertz CT molecular complexity index is 1000. The van der Waals surface area contributed by atoms with Crippen molar-refractivity contribution in [2.45, 2.75) is 354 Å². The summed E-state index contributed by atoms with van der Waals surface area (Å²) in [6.07, 6.45) is 62.9. The number of carbonyl (C=O) groups is 2. The minimum Gasteiger partial charge on any atom is -0.462 e. The summed E-state index contributed by atoms with van der Waals surface area (Å²) in [4.78, 5) is 26.3. The van der Waals surface area contributed by atoms with Crippen LogP contribution < -0.4 is 5.32 Å². The molecule has 0 saturated carbocycles. The molecule has 0 aliphatic carbocycles. The molecule has 3 atom stereocenters. The van der Waals surface area contributed by atoms with Crippen LogP contribution >= 0.6 is 0 Å². The van der Waals surface area contributed by atoms with Crippen molar-refractivity contribution in [2.24, 2.45) is 0 Å². The molecule has 0 heterocycles. The number of rotatable bonds is 55. The standard InChI is InChI=1S/C60H117NO5/c1-4-7-10-13-16-19-22-25-27-29-30-31-33-35-38-41-44-47-50-53-60(65)66-56(51-48-45-42-39-36-34-32-28-26-23-20-17-14-11-8-5-2)54-59(64)61-57(55-62)58(63)52-49-46-43-40-37-24-21-18-15-12-9-6-3/h34,36,56-58,62-63H,4-33,35,37-55H2,1-3H3,(H,61,64)/b36-34+. The molecule has 66 heavy (non-hydrogen) atoms. The van der Waals surface area contributed by atoms with Gasteiger partial charge in [0.1, 0.15) is 6.10 Å². The quantitative estimate of drug-likeness (QED) is 0.0321. The maximum atomic E-state index is 13.3. The van der Waals surface area contributed by atoms with Crippen molar-refractivity contribution in [1.29, 1.82) is 0 Å². The largest absolute Gasteiger partial charge is 0.462 e. The lowest BCUT2D eigenvalue weighted by Gasteiger charge is -2.24. The average molecular weight is 933 g/mol. The highest BCUT2D eigenvalue weighted by Crippen LogP contribution is 2.19. The Morgan fingerprint density at radius 2 is 0.727 bits per heavy atom. The van der Waals surface area contributed by atoms with Gasteiger partial charge in [-0.05, 0) is 51.4 Å². The molecule has 0 fully saturated rings. The molecule has 0 aromatic carbocycles. The molecular formula is C60H117NO5. The zero-order valence-electron chi connectivity index (χ0n) is 44.9. The van der Waals surface area contributed by atoms with Gasteiger partial charge in [0.25, 0.3) is 0 Å². The predicted octanol–water partition coefficient (Wildman–Crippen LogP) is 18.5. The van der Waals surface area contributed by atoms with Gasteiger partial charge >= 0.3 is 5.97 Å². The van der Waals surface area contributed by atoms with Gasteiger partial charge in [0, 0.05) is 6.42 Å². The van der Waals surface area contributed by atoms with E-state index in [4.69, 9.17) is 4.74 Å². The highest BCUT2D eigenvalue weighted by molar-refractivity contribution is 5.77. The summed E-state index contributed by atoms with van der Waals surface area (Å²) in [5.74, 6) is -0.464. The predicted molar refractivity (Wildman–Crippen MR) is 287 cm³/mol. The summed E-state index contributed by atoms with van der Waals surface area (Å²) in [5, 5.41) is 23.9. The van der Waals surface area contributed by atoms with Crippen LogP contribution in [0.25, 0.3) is 0 Å². The fourth-order valence-electron chi connectivity index (χ4n) is 9.55. The van der Waals surface area contributed by atoms with Crippen LogP contribution in [0.1, 0.15) is 335 Å². The third kappa shape index (κ3) is 49.0. The fraction of sp³-hybridized carbons (Fsp3) is 0.933. The monoisotopic (exact) mass is 932 g/mol. The third-order valence-corrected chi connectivity index (χ3v) is 14.1. The first-order chi connectivity index (χ1) is 32.5. The summed E-state index contributed by atoms with van der Waals surface area (Å²) in [6, 6.07) is -0.701. The van der Waals surface area contributed by atoms with Gasteiger partial charge < -0.3 is 20.3 Å². The van der Waals surface area contributed by atoms with Crippen LogP contribution in [0.15, 0.2) is 12.2 Å². The second-order valence-electron chi connectivity index (χ2n) is 20.8. The Hall–Kier alpha value is -1.40. The van der Waals surface area contributed by atoms with Crippen LogP contribution in [0.4, 0.5) is 0 Å². The Balaban J connectivity index is 4.50. The molecular weight excluding hydrogens is 815 g/mol. The summed E-state index contributed by atoms with van der Waals surface area (Å²) in [7, 11) is 0. The van der Waals surface area contributed by atoms with E-state index in [1.54, 1.807) is 0 Å². The van der Waals surface area contributed by atoms with Gasteiger partial charge in [-0.3, -0.25) is 9.59 Å². The topological polar surface area (TPSA) is 95.9 Å². The Kier molecular flexibility index (Phi) is 53.4. The first-order valence-corrected chi connectivity index (χ1v) is 29.9. The maximum absolute atomic E-state index is 13.3. The van der Waals surface area contributed by atoms with E-state index in [1.807, 2.05) is 0 Å². The van der Waals surface area contributed by atoms with Crippen molar-refractivity contribution in [3.05, 3.63) is 12.2 Å². The zero-order chi connectivity index (χ0) is 48.1. The summed E-state index contributed by atoms with van der Waals surface area (Å²) in [6.45, 7) is 6.53. The van der Waals surface area contributed by atoms with Crippen molar-refractivity contribution in [1.82, 2.24) is 5.32 Å². The number of amides is 1. The Labute approximate surface area is 412 Å². The van der Waals surface area contributed by atoms with Gasteiger partial charge in [0.15, 0.2) is 0 Å². The van der Waals surface area contributed by atoms with Gasteiger partial charge in [-0.1, -0.05) is 283 Å². The van der Waals surface area contributed by atoms with E-state index in [0.29, 0.717) is 19.3 Å². The molecule has 6 heteroatoms. The van der Waals surface area contributed by atoms with E-state index in [-0.39, 0.29) is 24.9 Å². The number of hydrogen-bond donors (Lipinski definition) is 3. The van der Waals surface area contributed by atoms with Crippen LogP contribution in [0, 0.1) is 0 Å². The molecule has 1 amide bonds. The molecule has 0 aromatic heterocycles. The molecule has 0 rings (SSSR count). The van der Waals surface area contributed by atoms with Crippen LogP contribution in [0.2, 0.25) is 0 Å². The summed E-state index contributed by atoms with van der Waals surface area (Å²) in [5.41, 5.74) is 0. The van der Waals surface area contributed by atoms with Gasteiger partial charge in [-0.25, -0.2) is 0 Å².